The van der Waals surface area contributed by atoms with Gasteiger partial charge in [0, 0.05) is 12.1 Å². The average molecular weight is 234 g/mol. The van der Waals surface area contributed by atoms with Crippen LogP contribution in [0.2, 0.25) is 0 Å². The molecule has 0 aliphatic heterocycles. The van der Waals surface area contributed by atoms with Crippen LogP contribution in [0.5, 0.6) is 0 Å². The molecule has 3 atom stereocenters. The zero-order valence-electron chi connectivity index (χ0n) is 11.3. The van der Waals surface area contributed by atoms with Crippen molar-refractivity contribution >= 4 is 0 Å². The van der Waals surface area contributed by atoms with Gasteiger partial charge < -0.3 is 11.5 Å². The fourth-order valence-electron chi connectivity index (χ4n) is 1.92. The van der Waals surface area contributed by atoms with Crippen LogP contribution in [0, 0.1) is 0 Å². The smallest absolute Gasteiger partial charge is 0.0295 e. The predicted octanol–water partition coefficient (Wildman–Crippen LogP) is 3.33. The van der Waals surface area contributed by atoms with Gasteiger partial charge in [0.05, 0.1) is 0 Å². The Morgan fingerprint density at radius 2 is 1.47 bits per heavy atom. The van der Waals surface area contributed by atoms with Gasteiger partial charge in [-0.05, 0) is 43.2 Å². The summed E-state index contributed by atoms with van der Waals surface area (Å²) in [5.41, 5.74) is 14.5. The Labute approximate surface area is 105 Å². The molecule has 0 radical (unpaired) electrons. The fourth-order valence-corrected chi connectivity index (χ4v) is 1.92. The maximum atomic E-state index is 6.15. The molecule has 0 saturated heterocycles. The topological polar surface area (TPSA) is 52.0 Å². The van der Waals surface area contributed by atoms with Crippen molar-refractivity contribution in [2.24, 2.45) is 11.5 Å². The molecule has 0 aromatic heterocycles. The Balaban J connectivity index is 2.60. The summed E-state index contributed by atoms with van der Waals surface area (Å²) in [5.74, 6) is 0.629. The number of nitrogens with two attached hydrogens (primary N) is 2. The maximum Gasteiger partial charge on any atom is 0.0295 e. The first kappa shape index (κ1) is 14.2. The zero-order valence-corrected chi connectivity index (χ0v) is 11.3. The number of hydrogen-bond donors (Lipinski definition) is 2. The molecular formula is C15H26N2. The Hall–Kier alpha value is -0.860. The molecule has 0 spiro atoms. The second kappa shape index (κ2) is 6.77. The van der Waals surface area contributed by atoms with E-state index in [9.17, 15) is 0 Å². The summed E-state index contributed by atoms with van der Waals surface area (Å²) in [6, 6.07) is 9.08. The van der Waals surface area contributed by atoms with E-state index in [0.29, 0.717) is 5.92 Å². The van der Waals surface area contributed by atoms with E-state index in [4.69, 9.17) is 11.5 Å². The van der Waals surface area contributed by atoms with Gasteiger partial charge in [-0.3, -0.25) is 0 Å². The second-order valence-corrected chi connectivity index (χ2v) is 5.14. The molecule has 3 unspecified atom stereocenters. The largest absolute Gasteiger partial charge is 0.328 e. The van der Waals surface area contributed by atoms with Crippen LogP contribution in [-0.4, -0.2) is 6.04 Å². The molecule has 0 aliphatic rings. The molecule has 4 N–H and O–H groups in total. The predicted molar refractivity (Wildman–Crippen MR) is 75.0 cm³/mol. The summed E-state index contributed by atoms with van der Waals surface area (Å²) >= 11 is 0. The van der Waals surface area contributed by atoms with E-state index in [1.807, 2.05) is 6.92 Å². The lowest BCUT2D eigenvalue weighted by Crippen LogP contribution is -2.18. The molecule has 0 aliphatic carbocycles. The minimum atomic E-state index is 0.118. The molecule has 0 heterocycles. The Kier molecular flexibility index (Phi) is 5.66. The third-order valence-electron chi connectivity index (χ3n) is 3.48. The second-order valence-electron chi connectivity index (χ2n) is 5.14. The standard InChI is InChI=1S/C15H26N2/c1-4-11(2)13-6-8-14(9-7-13)15(17)10-5-12(3)16/h6-9,11-12,15H,4-5,10,16-17H2,1-3H3. The van der Waals surface area contributed by atoms with E-state index < -0.39 is 0 Å². The van der Waals surface area contributed by atoms with Crippen molar-refractivity contribution in [2.75, 3.05) is 0 Å². The SMILES string of the molecule is CCC(C)c1ccc(C(N)CCC(C)N)cc1. The van der Waals surface area contributed by atoms with Gasteiger partial charge in [-0.2, -0.15) is 0 Å². The molecule has 0 fully saturated rings. The van der Waals surface area contributed by atoms with Gasteiger partial charge in [0.15, 0.2) is 0 Å². The number of hydrogen-bond acceptors (Lipinski definition) is 2. The number of rotatable bonds is 6. The average Bonchev–Trinajstić information content (AvgIpc) is 2.35. The van der Waals surface area contributed by atoms with Crippen LogP contribution in [0.1, 0.15) is 63.1 Å². The summed E-state index contributed by atoms with van der Waals surface area (Å²) in [7, 11) is 0. The molecule has 17 heavy (non-hydrogen) atoms. The van der Waals surface area contributed by atoms with Crippen molar-refractivity contribution in [3.05, 3.63) is 35.4 Å². The van der Waals surface area contributed by atoms with Gasteiger partial charge in [0.1, 0.15) is 0 Å². The van der Waals surface area contributed by atoms with Crippen LogP contribution in [0.25, 0.3) is 0 Å². The highest BCUT2D eigenvalue weighted by Crippen LogP contribution is 2.22. The van der Waals surface area contributed by atoms with Crippen molar-refractivity contribution in [1.82, 2.24) is 0 Å². The molecular weight excluding hydrogens is 208 g/mol. The van der Waals surface area contributed by atoms with Crippen LogP contribution in [0.4, 0.5) is 0 Å². The third-order valence-corrected chi connectivity index (χ3v) is 3.48. The van der Waals surface area contributed by atoms with Gasteiger partial charge in [0.2, 0.25) is 0 Å². The van der Waals surface area contributed by atoms with E-state index in [0.717, 1.165) is 12.8 Å². The summed E-state index contributed by atoms with van der Waals surface area (Å²) in [6.07, 6.45) is 3.12. The van der Waals surface area contributed by atoms with Gasteiger partial charge >= 0.3 is 0 Å². The highest BCUT2D eigenvalue weighted by Gasteiger charge is 2.08. The lowest BCUT2D eigenvalue weighted by atomic mass is 9.94. The van der Waals surface area contributed by atoms with E-state index in [2.05, 4.69) is 38.1 Å². The number of benzene rings is 1. The molecule has 2 nitrogen and oxygen atoms in total. The van der Waals surface area contributed by atoms with Crippen molar-refractivity contribution in [3.63, 3.8) is 0 Å². The molecule has 96 valence electrons. The van der Waals surface area contributed by atoms with Gasteiger partial charge in [0.25, 0.3) is 0 Å². The first-order valence-electron chi connectivity index (χ1n) is 6.65. The zero-order chi connectivity index (χ0) is 12.8. The Morgan fingerprint density at radius 1 is 0.941 bits per heavy atom. The molecule has 0 saturated carbocycles. The van der Waals surface area contributed by atoms with Crippen molar-refractivity contribution in [2.45, 2.75) is 58.0 Å². The van der Waals surface area contributed by atoms with Crippen molar-refractivity contribution < 1.29 is 0 Å². The maximum absolute atomic E-state index is 6.15. The molecule has 0 amide bonds. The summed E-state index contributed by atoms with van der Waals surface area (Å²) in [5, 5.41) is 0. The normalized spacial score (nSPS) is 16.5. The van der Waals surface area contributed by atoms with Crippen molar-refractivity contribution in [3.8, 4) is 0 Å². The van der Waals surface area contributed by atoms with Crippen LogP contribution in [0.15, 0.2) is 24.3 Å². The summed E-state index contributed by atoms with van der Waals surface area (Å²) in [6.45, 7) is 6.50. The van der Waals surface area contributed by atoms with Crippen LogP contribution in [0.3, 0.4) is 0 Å². The van der Waals surface area contributed by atoms with Crippen LogP contribution in [-0.2, 0) is 0 Å². The molecule has 1 aromatic rings. The van der Waals surface area contributed by atoms with E-state index in [1.165, 1.54) is 17.5 Å². The Morgan fingerprint density at radius 3 is 1.94 bits per heavy atom. The van der Waals surface area contributed by atoms with Gasteiger partial charge in [-0.1, -0.05) is 38.1 Å². The summed E-state index contributed by atoms with van der Waals surface area (Å²) in [4.78, 5) is 0. The van der Waals surface area contributed by atoms with Crippen LogP contribution >= 0.6 is 0 Å². The van der Waals surface area contributed by atoms with E-state index >= 15 is 0 Å². The first-order chi connectivity index (χ1) is 8.04. The Bertz CT molecular complexity index is 316. The van der Waals surface area contributed by atoms with Gasteiger partial charge in [-0.25, -0.2) is 0 Å². The van der Waals surface area contributed by atoms with Crippen molar-refractivity contribution in [1.29, 1.82) is 0 Å². The van der Waals surface area contributed by atoms with Gasteiger partial charge in [-0.15, -0.1) is 0 Å². The lowest BCUT2D eigenvalue weighted by Gasteiger charge is -2.15. The monoisotopic (exact) mass is 234 g/mol. The third kappa shape index (κ3) is 4.49. The molecule has 1 aromatic carbocycles. The van der Waals surface area contributed by atoms with E-state index in [1.54, 1.807) is 0 Å². The summed E-state index contributed by atoms with van der Waals surface area (Å²) < 4.78 is 0. The molecule has 1 rings (SSSR count). The van der Waals surface area contributed by atoms with E-state index in [-0.39, 0.29) is 12.1 Å². The minimum absolute atomic E-state index is 0.118. The minimum Gasteiger partial charge on any atom is -0.328 e. The lowest BCUT2D eigenvalue weighted by molar-refractivity contribution is 0.555. The molecule has 2 heteroatoms. The fraction of sp³-hybridized carbons (Fsp3) is 0.600. The quantitative estimate of drug-likeness (QED) is 0.793. The first-order valence-corrected chi connectivity index (χ1v) is 6.65. The molecule has 0 bridgehead atoms. The van der Waals surface area contributed by atoms with Crippen LogP contribution < -0.4 is 11.5 Å². The highest BCUT2D eigenvalue weighted by molar-refractivity contribution is 5.26. The highest BCUT2D eigenvalue weighted by atomic mass is 14.6.